The van der Waals surface area contributed by atoms with E-state index in [1.54, 1.807) is 0 Å². The topological polar surface area (TPSA) is 52.2 Å². The van der Waals surface area contributed by atoms with Crippen molar-refractivity contribution in [1.82, 2.24) is 19.8 Å². The van der Waals surface area contributed by atoms with Gasteiger partial charge in [-0.2, -0.15) is 0 Å². The predicted molar refractivity (Wildman–Crippen MR) is 130 cm³/mol. The van der Waals surface area contributed by atoms with Crippen LogP contribution in [0.4, 0.5) is 0 Å². The number of pyridine rings is 1. The van der Waals surface area contributed by atoms with Crippen LogP contribution in [0.3, 0.4) is 0 Å². The Morgan fingerprint density at radius 3 is 2.31 bits per heavy atom. The van der Waals surface area contributed by atoms with Gasteiger partial charge in [-0.25, -0.2) is 4.98 Å². The number of benzene rings is 2. The molecule has 0 aliphatic carbocycles. The largest absolute Gasteiger partial charge is 0.343 e. The molecule has 0 unspecified atom stereocenters. The van der Waals surface area contributed by atoms with E-state index in [1.807, 2.05) is 30.5 Å². The molecular formula is C27H28N4O. The van der Waals surface area contributed by atoms with E-state index in [2.05, 4.69) is 59.1 Å². The number of rotatable bonds is 5. The van der Waals surface area contributed by atoms with Gasteiger partial charge in [-0.15, -0.1) is 0 Å². The Labute approximate surface area is 188 Å². The number of aldehydes is 1. The van der Waals surface area contributed by atoms with E-state index in [0.717, 1.165) is 72.4 Å². The molecule has 2 aromatic heterocycles. The fourth-order valence-corrected chi connectivity index (χ4v) is 4.52. The van der Waals surface area contributed by atoms with Gasteiger partial charge < -0.3 is 9.88 Å². The number of hydrogen-bond acceptors (Lipinski definition) is 4. The van der Waals surface area contributed by atoms with Crippen LogP contribution in [0.15, 0.2) is 60.8 Å². The van der Waals surface area contributed by atoms with E-state index in [-0.39, 0.29) is 0 Å². The molecule has 1 aliphatic heterocycles. The van der Waals surface area contributed by atoms with Crippen molar-refractivity contribution < 1.29 is 4.79 Å². The number of aryl methyl sites for hydroxylation is 1. The summed E-state index contributed by atoms with van der Waals surface area (Å²) in [6.07, 6.45) is 2.81. The molecule has 0 atom stereocenters. The normalized spacial score (nSPS) is 15.3. The Morgan fingerprint density at radius 1 is 0.938 bits per heavy atom. The summed E-state index contributed by atoms with van der Waals surface area (Å²) in [4.78, 5) is 24.0. The maximum atomic E-state index is 11.0. The summed E-state index contributed by atoms with van der Waals surface area (Å²) in [5.41, 5.74) is 8.48. The molecule has 5 nitrogen and oxygen atoms in total. The van der Waals surface area contributed by atoms with Crippen LogP contribution >= 0.6 is 0 Å². The summed E-state index contributed by atoms with van der Waals surface area (Å²) in [5.74, 6) is 0. The van der Waals surface area contributed by atoms with E-state index in [0.29, 0.717) is 5.56 Å². The van der Waals surface area contributed by atoms with Crippen LogP contribution in [-0.2, 0) is 6.54 Å². The molecule has 1 saturated heterocycles. The highest BCUT2D eigenvalue weighted by molar-refractivity contribution is 5.97. The van der Waals surface area contributed by atoms with Gasteiger partial charge in [-0.3, -0.25) is 9.69 Å². The molecule has 1 N–H and O–H groups in total. The first-order valence-electron chi connectivity index (χ1n) is 11.1. The van der Waals surface area contributed by atoms with Crippen LogP contribution in [0.2, 0.25) is 0 Å². The number of aromatic nitrogens is 2. The number of carbonyl (C=O) groups excluding carboxylic acids is 1. The van der Waals surface area contributed by atoms with Crippen molar-refractivity contribution in [3.63, 3.8) is 0 Å². The van der Waals surface area contributed by atoms with Crippen LogP contribution in [0.25, 0.3) is 33.3 Å². The third-order valence-corrected chi connectivity index (χ3v) is 6.46. The minimum absolute atomic E-state index is 0.682. The number of nitrogens with one attached hydrogen (secondary N) is 1. The summed E-state index contributed by atoms with van der Waals surface area (Å²) in [6, 6.07) is 18.8. The van der Waals surface area contributed by atoms with Gasteiger partial charge in [-0.1, -0.05) is 48.5 Å². The third kappa shape index (κ3) is 4.09. The Balaban J connectivity index is 1.42. The minimum atomic E-state index is 0.682. The summed E-state index contributed by atoms with van der Waals surface area (Å²) < 4.78 is 0. The number of likely N-dealkylation sites (N-methyl/N-ethyl adjacent to an activating group) is 1. The molecule has 0 saturated carbocycles. The summed E-state index contributed by atoms with van der Waals surface area (Å²) >= 11 is 0. The van der Waals surface area contributed by atoms with Crippen molar-refractivity contribution in [2.24, 2.45) is 0 Å². The summed E-state index contributed by atoms with van der Waals surface area (Å²) in [5, 5.41) is 1.10. The highest BCUT2D eigenvalue weighted by atomic mass is 16.1. The van der Waals surface area contributed by atoms with E-state index in [4.69, 9.17) is 4.98 Å². The molecule has 0 bridgehead atoms. The average molecular weight is 425 g/mol. The number of H-pyrrole nitrogens is 1. The Bertz CT molecular complexity index is 1230. The first-order valence-corrected chi connectivity index (χ1v) is 11.1. The van der Waals surface area contributed by atoms with Gasteiger partial charge in [0.25, 0.3) is 0 Å². The maximum Gasteiger partial charge on any atom is 0.150 e. The second-order valence-corrected chi connectivity index (χ2v) is 8.76. The van der Waals surface area contributed by atoms with E-state index >= 15 is 0 Å². The molecule has 32 heavy (non-hydrogen) atoms. The van der Waals surface area contributed by atoms with Gasteiger partial charge in [0.2, 0.25) is 0 Å². The molecule has 2 aromatic carbocycles. The molecule has 0 radical (unpaired) electrons. The Kier molecular flexibility index (Phi) is 5.60. The first-order chi connectivity index (χ1) is 15.6. The zero-order valence-electron chi connectivity index (χ0n) is 18.6. The first kappa shape index (κ1) is 20.6. The molecule has 1 fully saturated rings. The van der Waals surface area contributed by atoms with Gasteiger partial charge in [0, 0.05) is 66.7 Å². The number of nitrogens with zero attached hydrogens (tertiary/aromatic N) is 3. The lowest BCUT2D eigenvalue weighted by atomic mass is 9.99. The highest BCUT2D eigenvalue weighted by Gasteiger charge is 2.15. The molecule has 0 amide bonds. The quantitative estimate of drug-likeness (QED) is 0.469. The smallest absolute Gasteiger partial charge is 0.150 e. The Morgan fingerprint density at radius 2 is 1.62 bits per heavy atom. The lowest BCUT2D eigenvalue weighted by Crippen LogP contribution is -2.43. The Hall–Kier alpha value is -3.28. The zero-order chi connectivity index (χ0) is 22.1. The second-order valence-electron chi connectivity index (χ2n) is 8.76. The third-order valence-electron chi connectivity index (χ3n) is 6.46. The van der Waals surface area contributed by atoms with Gasteiger partial charge >= 0.3 is 0 Å². The number of aromatic amines is 1. The number of piperazine rings is 1. The SMILES string of the molecule is Cc1[nH]c2ncc(-c3ccc(CN4CCN(C)CC4)cc3)cc2c1-c1ccc(C=O)cc1. The fourth-order valence-electron chi connectivity index (χ4n) is 4.52. The van der Waals surface area contributed by atoms with Crippen molar-refractivity contribution >= 4 is 17.3 Å². The minimum Gasteiger partial charge on any atom is -0.343 e. The van der Waals surface area contributed by atoms with Crippen LogP contribution in [0, 0.1) is 6.92 Å². The fraction of sp³-hybridized carbons (Fsp3) is 0.259. The van der Waals surface area contributed by atoms with Crippen LogP contribution in [-0.4, -0.2) is 59.3 Å². The molecule has 0 spiro atoms. The van der Waals surface area contributed by atoms with Gasteiger partial charge in [0.1, 0.15) is 11.9 Å². The highest BCUT2D eigenvalue weighted by Crippen LogP contribution is 2.34. The molecule has 3 heterocycles. The van der Waals surface area contributed by atoms with Gasteiger partial charge in [-0.05, 0) is 36.7 Å². The summed E-state index contributed by atoms with van der Waals surface area (Å²) in [6.45, 7) is 7.60. The van der Waals surface area contributed by atoms with Crippen molar-refractivity contribution in [1.29, 1.82) is 0 Å². The molecular weight excluding hydrogens is 396 g/mol. The van der Waals surface area contributed by atoms with E-state index in [9.17, 15) is 4.79 Å². The maximum absolute atomic E-state index is 11.0. The monoisotopic (exact) mass is 424 g/mol. The number of fused-ring (bicyclic) bond motifs is 1. The van der Waals surface area contributed by atoms with Crippen molar-refractivity contribution in [3.05, 3.63) is 77.6 Å². The average Bonchev–Trinajstić information content (AvgIpc) is 3.16. The lowest BCUT2D eigenvalue weighted by Gasteiger charge is -2.32. The van der Waals surface area contributed by atoms with Gasteiger partial charge in [0.15, 0.2) is 0 Å². The molecule has 4 aromatic rings. The van der Waals surface area contributed by atoms with Crippen molar-refractivity contribution in [2.45, 2.75) is 13.5 Å². The molecule has 5 rings (SSSR count). The van der Waals surface area contributed by atoms with Crippen LogP contribution in [0.5, 0.6) is 0 Å². The molecule has 1 aliphatic rings. The van der Waals surface area contributed by atoms with Crippen molar-refractivity contribution in [2.75, 3.05) is 33.2 Å². The van der Waals surface area contributed by atoms with Crippen LogP contribution in [0.1, 0.15) is 21.6 Å². The summed E-state index contributed by atoms with van der Waals surface area (Å²) in [7, 11) is 2.19. The molecule has 5 heteroatoms. The van der Waals surface area contributed by atoms with Crippen molar-refractivity contribution in [3.8, 4) is 22.3 Å². The van der Waals surface area contributed by atoms with Gasteiger partial charge in [0.05, 0.1) is 0 Å². The standard InChI is InChI=1S/C27H28N4O/c1-19-26(23-9-5-21(18-32)6-10-23)25-15-24(16-28-27(25)29-19)22-7-3-20(4-8-22)17-31-13-11-30(2)12-14-31/h3-10,15-16,18H,11-14,17H2,1-2H3,(H,28,29). The predicted octanol–water partition coefficient (Wildman–Crippen LogP) is 4.77. The van der Waals surface area contributed by atoms with E-state index in [1.165, 1.54) is 11.1 Å². The second kappa shape index (κ2) is 8.69. The number of carbonyl (C=O) groups is 1. The van der Waals surface area contributed by atoms with E-state index < -0.39 is 0 Å². The van der Waals surface area contributed by atoms with Crippen LogP contribution < -0.4 is 0 Å². The lowest BCUT2D eigenvalue weighted by molar-refractivity contribution is 0.112. The zero-order valence-corrected chi connectivity index (χ0v) is 18.6. The number of hydrogen-bond donors (Lipinski definition) is 1. The molecule has 162 valence electrons.